The number of carbonyl (C=O) groups excluding carboxylic acids is 2. The van der Waals surface area contributed by atoms with Gasteiger partial charge in [-0.3, -0.25) is 19.5 Å². The Hall–Kier alpha value is -13.0. The summed E-state index contributed by atoms with van der Waals surface area (Å²) in [7, 11) is 0. The van der Waals surface area contributed by atoms with Crippen LogP contribution in [-0.4, -0.2) is 52.8 Å². The Morgan fingerprint density at radius 3 is 0.800 bits per heavy atom. The number of hydrogen-bond donors (Lipinski definition) is 7. The lowest BCUT2D eigenvalue weighted by Gasteiger charge is -2.25. The van der Waals surface area contributed by atoms with Gasteiger partial charge < -0.3 is 47.9 Å². The van der Waals surface area contributed by atoms with Gasteiger partial charge in [-0.15, -0.1) is 0 Å². The minimum atomic E-state index is -0.275. The van der Waals surface area contributed by atoms with Crippen LogP contribution in [0.3, 0.4) is 0 Å². The van der Waals surface area contributed by atoms with Crippen molar-refractivity contribution >= 4 is 57.4 Å². The molecule has 12 N–H and O–H groups in total. The van der Waals surface area contributed by atoms with Crippen molar-refractivity contribution in [3.05, 3.63) is 452 Å². The van der Waals surface area contributed by atoms with E-state index in [4.69, 9.17) is 5.73 Å². The maximum atomic E-state index is 12.6. The fourth-order valence-electron chi connectivity index (χ4n) is 15.2. The zero-order valence-corrected chi connectivity index (χ0v) is 74.6. The summed E-state index contributed by atoms with van der Waals surface area (Å²) in [5, 5.41) is 8.74. The smallest absolute Gasteiger partial charge is 0.323 e. The van der Waals surface area contributed by atoms with Crippen molar-refractivity contribution < 1.29 is 26.0 Å². The second kappa shape index (κ2) is 49.3. The molecule has 14 aromatic rings. The number of carbonyl (C=O) groups is 2. The van der Waals surface area contributed by atoms with E-state index in [1.807, 2.05) is 105 Å². The van der Waals surface area contributed by atoms with Crippen molar-refractivity contribution in [1.82, 2.24) is 14.7 Å². The average molecular weight is 1660 g/mol. The van der Waals surface area contributed by atoms with E-state index in [0.29, 0.717) is 6.42 Å². The van der Waals surface area contributed by atoms with Crippen LogP contribution in [0.4, 0.5) is 50.3 Å². The van der Waals surface area contributed by atoms with Crippen LogP contribution in [-0.2, 0) is 89.8 Å². The molecule has 14 rings (SSSR count). The first kappa shape index (κ1) is 92.7. The first-order valence-electron chi connectivity index (χ1n) is 44.1. The molecule has 0 aliphatic carbocycles. The van der Waals surface area contributed by atoms with E-state index in [2.05, 4.69) is 360 Å². The lowest BCUT2D eigenvalue weighted by molar-refractivity contribution is -0.941. The quantitative estimate of drug-likeness (QED) is 0.0192. The molecule has 0 saturated heterocycles. The molecular formula is C111H129N12O2+3. The lowest BCUT2D eigenvalue weighted by atomic mass is 10.1. The molecule has 0 unspecified atom stereocenters. The minimum Gasteiger partial charge on any atom is -0.399 e. The first-order valence-corrected chi connectivity index (χ1v) is 44.1. The number of nitrogen functional groups attached to an aromatic ring is 1. The summed E-state index contributed by atoms with van der Waals surface area (Å²) in [4.78, 5) is 38.7. The normalized spacial score (nSPS) is 10.9. The molecule has 14 aromatic carbocycles. The molecular weight excluding hydrogens is 1530 g/mol. The van der Waals surface area contributed by atoms with Crippen LogP contribution in [0.25, 0.3) is 0 Å². The van der Waals surface area contributed by atoms with Gasteiger partial charge in [-0.2, -0.15) is 0 Å². The predicted molar refractivity (Wildman–Crippen MR) is 522 cm³/mol. The van der Waals surface area contributed by atoms with Gasteiger partial charge in [0.15, 0.2) is 0 Å². The van der Waals surface area contributed by atoms with Crippen molar-refractivity contribution in [3.63, 3.8) is 0 Å². The number of nitrogens with two attached hydrogens (primary N) is 1. The van der Waals surface area contributed by atoms with Crippen LogP contribution in [0.15, 0.2) is 358 Å². The third-order valence-corrected chi connectivity index (χ3v) is 22.2. The van der Waals surface area contributed by atoms with E-state index < -0.39 is 0 Å². The van der Waals surface area contributed by atoms with Crippen LogP contribution < -0.4 is 47.9 Å². The van der Waals surface area contributed by atoms with E-state index in [0.717, 1.165) is 161 Å². The van der Waals surface area contributed by atoms with Crippen LogP contribution in [0.5, 0.6) is 0 Å². The van der Waals surface area contributed by atoms with Crippen molar-refractivity contribution in [1.29, 1.82) is 0 Å². The Bertz CT molecular complexity index is 5100. The highest BCUT2D eigenvalue weighted by molar-refractivity contribution is 5.99. The molecule has 0 spiro atoms. The Kier molecular flexibility index (Phi) is 36.6. The molecule has 14 nitrogen and oxygen atoms in total. The highest BCUT2D eigenvalue weighted by Gasteiger charge is 2.18. The summed E-state index contributed by atoms with van der Waals surface area (Å²) in [5.41, 5.74) is 43.2. The summed E-state index contributed by atoms with van der Waals surface area (Å²) in [6.07, 6.45) is 0.325. The van der Waals surface area contributed by atoms with Crippen molar-refractivity contribution in [2.45, 2.75) is 140 Å². The molecule has 3 amide bonds. The van der Waals surface area contributed by atoms with Crippen molar-refractivity contribution in [2.24, 2.45) is 0 Å². The molecule has 14 heteroatoms. The zero-order valence-electron chi connectivity index (χ0n) is 74.6. The van der Waals surface area contributed by atoms with Crippen LogP contribution in [0.1, 0.15) is 122 Å². The molecule has 0 radical (unpaired) electrons. The number of rotatable bonds is 35. The van der Waals surface area contributed by atoms with Gasteiger partial charge in [0, 0.05) is 136 Å². The highest BCUT2D eigenvalue weighted by atomic mass is 16.2. The second-order valence-corrected chi connectivity index (χ2v) is 32.7. The predicted octanol–water partition coefficient (Wildman–Crippen LogP) is 21.2. The standard InChI is InChI=1S/C38H38N4O2.C29H39N3.C22H25N3.C22H24N2/c1-28-8-18-34(19-9-28)39-37(43)24-30-12-14-32(15-13-30)26-42(25-31-6-4-3-5-7-31)27-33-16-22-36(23-17-33)41-38(44)40-35-20-10-29(2)11-21-35;1-5-31(6-2)28-18-14-26(15-19-28)23-30(22-25-12-10-9-11-13-25)24-27-16-20-29(21-17-27)32(7-3)8-4;1-17-2-4-18(5-3-17)14-25(15-19-6-10-21(23)11-7-19)16-20-8-12-22(24)13-9-20;1-18-7-9-20(10-8-18)16-24(15-19-5-3-2-4-6-19)17-21-11-13-22(23)14-12-21/h3-23H,24-27H2,1-2H3,(H,39,43)(H2,40,41,44);9-21H,5-8,22-24H2,1-4H3;2-13H,14-16,23-24H2,1H3;2-14H,15-17,23H2,1H3/p+3. The summed E-state index contributed by atoms with van der Waals surface area (Å²) in [5.74, 6) is -0.0297. The molecule has 0 heterocycles. The molecule has 0 atom stereocenters. The number of nitrogens with one attached hydrogen (secondary N) is 4. The van der Waals surface area contributed by atoms with E-state index in [-0.39, 0.29) is 11.9 Å². The Morgan fingerprint density at radius 2 is 0.496 bits per heavy atom. The fourth-order valence-corrected chi connectivity index (χ4v) is 15.2. The maximum Gasteiger partial charge on any atom is 0.323 e. The van der Waals surface area contributed by atoms with E-state index in [9.17, 15) is 9.59 Å². The van der Waals surface area contributed by atoms with Gasteiger partial charge in [0.25, 0.3) is 0 Å². The van der Waals surface area contributed by atoms with Gasteiger partial charge in [-0.05, 0) is 232 Å². The third kappa shape index (κ3) is 32.6. The zero-order chi connectivity index (χ0) is 87.9. The fraction of sp³-hybridized carbons (Fsp3) is 0.225. The van der Waals surface area contributed by atoms with Crippen molar-refractivity contribution in [2.75, 3.05) is 57.7 Å². The van der Waals surface area contributed by atoms with Gasteiger partial charge in [0.2, 0.25) is 5.91 Å². The first-order chi connectivity index (χ1) is 60.8. The highest BCUT2D eigenvalue weighted by Crippen LogP contribution is 2.25. The third-order valence-electron chi connectivity index (χ3n) is 22.2. The van der Waals surface area contributed by atoms with Gasteiger partial charge in [-0.25, -0.2) is 4.79 Å². The Balaban J connectivity index is 0.000000167. The summed E-state index contributed by atoms with van der Waals surface area (Å²) < 4.78 is 0. The van der Waals surface area contributed by atoms with Gasteiger partial charge >= 0.3 is 6.03 Å². The van der Waals surface area contributed by atoms with Gasteiger partial charge in [-0.1, -0.05) is 259 Å². The Morgan fingerprint density at radius 1 is 0.272 bits per heavy atom. The minimum absolute atomic E-state index is 0.0297. The lowest BCUT2D eigenvalue weighted by Crippen LogP contribution is -3.08. The van der Waals surface area contributed by atoms with Gasteiger partial charge in [0.05, 0.1) is 6.42 Å². The van der Waals surface area contributed by atoms with Crippen LogP contribution in [0, 0.1) is 27.7 Å². The molecule has 0 bridgehead atoms. The molecule has 0 aliphatic heterocycles. The van der Waals surface area contributed by atoms with E-state index >= 15 is 0 Å². The molecule has 0 saturated carbocycles. The Labute approximate surface area is 744 Å². The van der Waals surface area contributed by atoms with E-state index in [1.54, 1.807) is 0 Å². The molecule has 0 aromatic heterocycles. The average Bonchev–Trinajstić information content (AvgIpc) is 0.861. The molecule has 0 aliphatic rings. The maximum absolute atomic E-state index is 12.6. The SMILES string of the molecule is CCN(CC)c1ccc(CN(Cc2ccccc2)Cc2ccc(N(CC)CC)cc2)cc1.Cc1ccc(CN(Cc2ccccc2)Cc2ccc(N)cc2)cc1.Cc1ccc(C[NH+](Cc2ccc([NH3+])cc2)Cc2ccc([NH3+])cc2)cc1.Cc1ccc(NC(=O)Cc2ccc(CN(Cc3ccccc3)Cc3ccc(NC(=O)Nc4ccc(C)cc4)cc3)cc2)cc1. The van der Waals surface area contributed by atoms with Gasteiger partial charge in [0.1, 0.15) is 31.0 Å². The number of aryl methyl sites for hydroxylation is 4. The number of anilines is 6. The van der Waals surface area contributed by atoms with E-state index in [1.165, 1.54) is 88.6 Å². The molecule has 642 valence electrons. The number of quaternary nitrogens is 3. The second-order valence-electron chi connectivity index (χ2n) is 32.7. The summed E-state index contributed by atoms with van der Waals surface area (Å²) >= 11 is 0. The summed E-state index contributed by atoms with van der Waals surface area (Å²) in [6.45, 7) is 32.2. The monoisotopic (exact) mass is 1660 g/mol. The molecule has 0 fully saturated rings. The topological polar surface area (TPSA) is 172 Å². The molecule has 125 heavy (non-hydrogen) atoms. The number of urea groups is 1. The van der Waals surface area contributed by atoms with Crippen LogP contribution in [0.2, 0.25) is 0 Å². The van der Waals surface area contributed by atoms with Crippen molar-refractivity contribution in [3.8, 4) is 0 Å². The number of benzene rings is 14. The van der Waals surface area contributed by atoms with Crippen LogP contribution >= 0.6 is 0 Å². The largest absolute Gasteiger partial charge is 0.399 e. The number of amides is 3. The number of nitrogens with zero attached hydrogens (tertiary/aromatic N) is 5. The number of hydrogen-bond acceptors (Lipinski definition) is 8. The summed E-state index contributed by atoms with van der Waals surface area (Å²) in [6, 6.07) is 125.